The van der Waals surface area contributed by atoms with Crippen LogP contribution in [0.15, 0.2) is 42.5 Å². The fraction of sp³-hybridized carbons (Fsp3) is 0.263. The third-order valence-corrected chi connectivity index (χ3v) is 4.56. The molecule has 0 saturated carbocycles. The van der Waals surface area contributed by atoms with Crippen molar-refractivity contribution < 1.29 is 4.79 Å². The Morgan fingerprint density at radius 1 is 1.08 bits per heavy atom. The first kappa shape index (κ1) is 14.9. The van der Waals surface area contributed by atoms with Gasteiger partial charge in [-0.2, -0.15) is 5.10 Å². The first-order valence-corrected chi connectivity index (χ1v) is 8.16. The largest absolute Gasteiger partial charge is 0.352 e. The van der Waals surface area contributed by atoms with Gasteiger partial charge in [0, 0.05) is 30.5 Å². The normalized spacial score (nSPS) is 14.5. The van der Waals surface area contributed by atoms with E-state index >= 15 is 0 Å². The predicted octanol–water partition coefficient (Wildman–Crippen LogP) is 2.51. The number of hydrogen-bond donors (Lipinski definition) is 1. The Labute approximate surface area is 141 Å². The highest BCUT2D eigenvalue weighted by Gasteiger charge is 2.22. The Morgan fingerprint density at radius 3 is 2.54 bits per heavy atom. The van der Waals surface area contributed by atoms with Crippen LogP contribution in [0.3, 0.4) is 0 Å². The van der Waals surface area contributed by atoms with Crippen molar-refractivity contribution in [3.8, 4) is 5.69 Å². The summed E-state index contributed by atoms with van der Waals surface area (Å²) in [5, 5.41) is 8.69. The number of carbonyl (C=O) groups excluding carboxylic acids is 1. The highest BCUT2D eigenvalue weighted by atomic mass is 16.1. The van der Waals surface area contributed by atoms with Gasteiger partial charge >= 0.3 is 0 Å². The van der Waals surface area contributed by atoms with Gasteiger partial charge in [-0.15, -0.1) is 0 Å². The van der Waals surface area contributed by atoms with Crippen molar-refractivity contribution >= 4 is 22.5 Å². The zero-order chi connectivity index (χ0) is 16.9. The van der Waals surface area contributed by atoms with Gasteiger partial charge in [-0.1, -0.05) is 6.07 Å². The predicted molar refractivity (Wildman–Crippen MR) is 96.7 cm³/mol. The van der Waals surface area contributed by atoms with Gasteiger partial charge in [0.2, 0.25) is 0 Å². The Balaban J connectivity index is 1.90. The van der Waals surface area contributed by atoms with E-state index in [9.17, 15) is 4.79 Å². The molecule has 0 bridgehead atoms. The molecule has 122 valence electrons. The summed E-state index contributed by atoms with van der Waals surface area (Å²) in [5.74, 6) is -0.0146. The lowest BCUT2D eigenvalue weighted by Crippen LogP contribution is -2.34. The van der Waals surface area contributed by atoms with Crippen LogP contribution in [0, 0.1) is 0 Å². The molecule has 0 unspecified atom stereocenters. The molecule has 3 aromatic rings. The van der Waals surface area contributed by atoms with E-state index in [1.165, 1.54) is 5.69 Å². The first-order chi connectivity index (χ1) is 11.4. The van der Waals surface area contributed by atoms with Crippen molar-refractivity contribution in [2.45, 2.75) is 6.42 Å². The van der Waals surface area contributed by atoms with Crippen LogP contribution in [0.2, 0.25) is 0 Å². The summed E-state index contributed by atoms with van der Waals surface area (Å²) in [6, 6.07) is 14.2. The van der Waals surface area contributed by atoms with Crippen molar-refractivity contribution in [1.82, 2.24) is 19.6 Å². The van der Waals surface area contributed by atoms with E-state index in [0.717, 1.165) is 33.2 Å². The van der Waals surface area contributed by atoms with Crippen molar-refractivity contribution in [3.05, 3.63) is 53.7 Å². The second kappa shape index (κ2) is 5.18. The summed E-state index contributed by atoms with van der Waals surface area (Å²) in [7, 11) is 6.44. The second-order valence-corrected chi connectivity index (χ2v) is 7.09. The fourth-order valence-corrected chi connectivity index (χ4v) is 3.27. The SMILES string of the molecule is C[N+](C)(C)c1ccc(-n2nc3cccc4c3c2CCNC4=O)cc1. The third-order valence-electron chi connectivity index (χ3n) is 4.56. The highest BCUT2D eigenvalue weighted by molar-refractivity contribution is 6.08. The number of amides is 1. The maximum atomic E-state index is 12.2. The molecule has 0 saturated heterocycles. The zero-order valence-corrected chi connectivity index (χ0v) is 14.2. The summed E-state index contributed by atoms with van der Waals surface area (Å²) in [4.78, 5) is 12.2. The van der Waals surface area contributed by atoms with Crippen LogP contribution in [0.25, 0.3) is 16.6 Å². The van der Waals surface area contributed by atoms with Gasteiger partial charge in [-0.25, -0.2) is 4.68 Å². The van der Waals surface area contributed by atoms with E-state index in [2.05, 4.69) is 50.7 Å². The fourth-order valence-electron chi connectivity index (χ4n) is 3.27. The van der Waals surface area contributed by atoms with E-state index in [4.69, 9.17) is 5.10 Å². The van der Waals surface area contributed by atoms with E-state index in [1.807, 2.05) is 22.9 Å². The standard InChI is InChI=1S/C19H20N4O/c1-23(2,3)14-9-7-13(8-10-14)22-17-11-12-20-19(24)15-5-4-6-16(21-22)18(15)17/h4-10H,11-12H2,1-3H3/p+1. The maximum absolute atomic E-state index is 12.2. The van der Waals surface area contributed by atoms with Crippen LogP contribution in [0.5, 0.6) is 0 Å². The molecule has 0 fully saturated rings. The Bertz CT molecular complexity index is 932. The van der Waals surface area contributed by atoms with Gasteiger partial charge in [0.05, 0.1) is 43.6 Å². The number of nitrogens with one attached hydrogen (secondary N) is 1. The topological polar surface area (TPSA) is 46.9 Å². The summed E-state index contributed by atoms with van der Waals surface area (Å²) >= 11 is 0. The van der Waals surface area contributed by atoms with Crippen molar-refractivity contribution in [1.29, 1.82) is 0 Å². The van der Waals surface area contributed by atoms with Gasteiger partial charge in [0.1, 0.15) is 5.69 Å². The van der Waals surface area contributed by atoms with Gasteiger partial charge in [-0.3, -0.25) is 9.28 Å². The molecule has 4 rings (SSSR count). The van der Waals surface area contributed by atoms with Crippen LogP contribution < -0.4 is 9.80 Å². The number of carbonyl (C=O) groups is 1. The molecule has 0 spiro atoms. The minimum absolute atomic E-state index is 0.0146. The highest BCUT2D eigenvalue weighted by Crippen LogP contribution is 2.28. The molecule has 0 radical (unpaired) electrons. The molecule has 0 aliphatic carbocycles. The molecule has 1 aliphatic rings. The Kier molecular flexibility index (Phi) is 3.21. The van der Waals surface area contributed by atoms with E-state index in [-0.39, 0.29) is 5.91 Å². The quantitative estimate of drug-likeness (QED) is 0.737. The number of quaternary nitrogens is 1. The first-order valence-electron chi connectivity index (χ1n) is 8.16. The molecule has 2 aromatic carbocycles. The van der Waals surface area contributed by atoms with Crippen molar-refractivity contribution in [2.24, 2.45) is 0 Å². The summed E-state index contributed by atoms with van der Waals surface area (Å²) in [5.41, 5.74) is 4.94. The van der Waals surface area contributed by atoms with Crippen LogP contribution >= 0.6 is 0 Å². The average molecular weight is 321 g/mol. The lowest BCUT2D eigenvalue weighted by molar-refractivity contribution is 0.0957. The van der Waals surface area contributed by atoms with E-state index < -0.39 is 0 Å². The Hall–Kier alpha value is -2.66. The van der Waals surface area contributed by atoms with Crippen LogP contribution in [0.1, 0.15) is 16.1 Å². The zero-order valence-electron chi connectivity index (χ0n) is 14.2. The number of benzene rings is 2. The lowest BCUT2D eigenvalue weighted by atomic mass is 10.1. The number of nitrogens with zero attached hydrogens (tertiary/aromatic N) is 3. The van der Waals surface area contributed by atoms with E-state index in [0.29, 0.717) is 12.1 Å². The minimum atomic E-state index is -0.0146. The van der Waals surface area contributed by atoms with Crippen LogP contribution in [-0.4, -0.2) is 43.4 Å². The second-order valence-electron chi connectivity index (χ2n) is 7.09. The summed E-state index contributed by atoms with van der Waals surface area (Å²) in [6.45, 7) is 0.630. The molecule has 2 heterocycles. The molecule has 0 atom stereocenters. The monoisotopic (exact) mass is 321 g/mol. The van der Waals surface area contributed by atoms with Crippen LogP contribution in [0.4, 0.5) is 5.69 Å². The van der Waals surface area contributed by atoms with Crippen molar-refractivity contribution in [3.63, 3.8) is 0 Å². The Morgan fingerprint density at radius 2 is 1.83 bits per heavy atom. The van der Waals surface area contributed by atoms with Crippen molar-refractivity contribution in [2.75, 3.05) is 27.7 Å². The molecule has 1 N–H and O–H groups in total. The average Bonchev–Trinajstić information content (AvgIpc) is 2.83. The molecular weight excluding hydrogens is 300 g/mol. The minimum Gasteiger partial charge on any atom is -0.352 e. The van der Waals surface area contributed by atoms with Gasteiger partial charge in [0.25, 0.3) is 5.91 Å². The molecule has 1 aliphatic heterocycles. The van der Waals surface area contributed by atoms with Crippen LogP contribution in [-0.2, 0) is 6.42 Å². The third kappa shape index (κ3) is 2.29. The number of rotatable bonds is 2. The molecule has 1 aromatic heterocycles. The molecule has 5 nitrogen and oxygen atoms in total. The number of aromatic nitrogens is 2. The summed E-state index contributed by atoms with van der Waals surface area (Å²) < 4.78 is 2.75. The van der Waals surface area contributed by atoms with Gasteiger partial charge in [0.15, 0.2) is 0 Å². The van der Waals surface area contributed by atoms with E-state index in [1.54, 1.807) is 0 Å². The van der Waals surface area contributed by atoms with Gasteiger partial charge in [-0.05, 0) is 24.3 Å². The lowest BCUT2D eigenvalue weighted by Gasteiger charge is -2.23. The molecular formula is C19H21N4O+. The summed E-state index contributed by atoms with van der Waals surface area (Å²) in [6.07, 6.45) is 0.774. The molecule has 24 heavy (non-hydrogen) atoms. The molecule has 1 amide bonds. The van der Waals surface area contributed by atoms with Gasteiger partial charge < -0.3 is 5.32 Å². The smallest absolute Gasteiger partial charge is 0.252 e. The maximum Gasteiger partial charge on any atom is 0.252 e. The molecule has 5 heteroatoms. The number of hydrogen-bond acceptors (Lipinski definition) is 2.